The topological polar surface area (TPSA) is 47.6 Å². The lowest BCUT2D eigenvalue weighted by Crippen LogP contribution is -2.25. The molecule has 0 aromatic heterocycles. The minimum atomic E-state index is -0.602. The summed E-state index contributed by atoms with van der Waals surface area (Å²) >= 11 is 0. The van der Waals surface area contributed by atoms with Crippen LogP contribution in [0.3, 0.4) is 0 Å². The fourth-order valence-electron chi connectivity index (χ4n) is 7.11. The van der Waals surface area contributed by atoms with E-state index in [2.05, 4.69) is 96.8 Å². The van der Waals surface area contributed by atoms with Gasteiger partial charge in [0.05, 0.1) is 23.0 Å². The molecule has 0 N–H and O–H groups in total. The fourth-order valence-corrected chi connectivity index (χ4v) is 7.11. The summed E-state index contributed by atoms with van der Waals surface area (Å²) in [5.41, 5.74) is 11.7. The SMILES string of the molecule is C#Cc1cccc(-c2ccc(C3(C#N)Cc4cc5c(cc4C3)CC(C#N)(c3ccc(-c4cccc(C#C)c4)cc3)C5)cc2)c1. The maximum atomic E-state index is 10.5. The first kappa shape index (κ1) is 27.1. The lowest BCUT2D eigenvalue weighted by molar-refractivity contribution is 0.580. The first-order valence-electron chi connectivity index (χ1n) is 14.8. The van der Waals surface area contributed by atoms with Crippen molar-refractivity contribution in [2.75, 3.05) is 0 Å². The zero-order valence-electron chi connectivity index (χ0n) is 24.3. The molecule has 0 bridgehead atoms. The van der Waals surface area contributed by atoms with Crippen molar-refractivity contribution >= 4 is 0 Å². The lowest BCUT2D eigenvalue weighted by Gasteiger charge is -2.22. The van der Waals surface area contributed by atoms with Gasteiger partial charge in [0, 0.05) is 11.1 Å². The molecular weight excluding hydrogens is 532 g/mol. The summed E-state index contributed by atoms with van der Waals surface area (Å²) in [6.45, 7) is 0. The second-order valence-electron chi connectivity index (χ2n) is 12.1. The van der Waals surface area contributed by atoms with Gasteiger partial charge in [-0.1, -0.05) is 96.8 Å². The van der Waals surface area contributed by atoms with Crippen molar-refractivity contribution < 1.29 is 0 Å². The Morgan fingerprint density at radius 1 is 0.455 bits per heavy atom. The molecule has 0 radical (unpaired) electrons. The Balaban J connectivity index is 1.13. The zero-order valence-corrected chi connectivity index (χ0v) is 24.3. The van der Waals surface area contributed by atoms with Gasteiger partial charge in [-0.3, -0.25) is 0 Å². The first-order chi connectivity index (χ1) is 21.5. The van der Waals surface area contributed by atoms with E-state index in [-0.39, 0.29) is 0 Å². The van der Waals surface area contributed by atoms with Crippen molar-refractivity contribution in [2.45, 2.75) is 36.5 Å². The van der Waals surface area contributed by atoms with Gasteiger partial charge in [0.2, 0.25) is 0 Å². The number of hydrogen-bond acceptors (Lipinski definition) is 2. The van der Waals surface area contributed by atoms with Gasteiger partial charge in [0.1, 0.15) is 0 Å². The molecule has 0 fully saturated rings. The summed E-state index contributed by atoms with van der Waals surface area (Å²) in [5, 5.41) is 21.0. The minimum Gasteiger partial charge on any atom is -0.197 e. The molecule has 2 aliphatic carbocycles. The number of nitriles is 2. The van der Waals surface area contributed by atoms with Crippen LogP contribution in [-0.2, 0) is 36.5 Å². The first-order valence-corrected chi connectivity index (χ1v) is 14.8. The predicted molar refractivity (Wildman–Crippen MR) is 175 cm³/mol. The lowest BCUT2D eigenvalue weighted by atomic mass is 9.78. The van der Waals surface area contributed by atoms with Gasteiger partial charge in [0.25, 0.3) is 0 Å². The van der Waals surface area contributed by atoms with E-state index in [4.69, 9.17) is 12.8 Å². The fraction of sp³-hybridized carbons (Fsp3) is 0.143. The second-order valence-corrected chi connectivity index (χ2v) is 12.1. The Morgan fingerprint density at radius 3 is 1.14 bits per heavy atom. The molecule has 2 aliphatic rings. The Kier molecular flexibility index (Phi) is 6.45. The van der Waals surface area contributed by atoms with Crippen molar-refractivity contribution in [1.82, 2.24) is 0 Å². The van der Waals surface area contributed by atoms with E-state index >= 15 is 0 Å². The molecule has 7 rings (SSSR count). The normalized spacial score (nSPS) is 15.2. The summed E-state index contributed by atoms with van der Waals surface area (Å²) in [6, 6.07) is 42.5. The summed E-state index contributed by atoms with van der Waals surface area (Å²) in [7, 11) is 0. The molecule has 0 atom stereocenters. The molecule has 5 aromatic carbocycles. The monoisotopic (exact) mass is 560 g/mol. The molecule has 0 heterocycles. The van der Waals surface area contributed by atoms with Crippen molar-refractivity contribution in [3.05, 3.63) is 154 Å². The van der Waals surface area contributed by atoms with Gasteiger partial charge >= 0.3 is 0 Å². The highest BCUT2D eigenvalue weighted by Gasteiger charge is 2.43. The van der Waals surface area contributed by atoms with Crippen LogP contribution < -0.4 is 0 Å². The third-order valence-corrected chi connectivity index (χ3v) is 9.52. The number of fused-ring (bicyclic) bond motifs is 2. The van der Waals surface area contributed by atoms with Crippen LogP contribution in [0.1, 0.15) is 44.5 Å². The molecule has 5 aromatic rings. The van der Waals surface area contributed by atoms with Crippen molar-refractivity contribution in [2.24, 2.45) is 0 Å². The molecule has 0 spiro atoms. The van der Waals surface area contributed by atoms with E-state index < -0.39 is 10.8 Å². The van der Waals surface area contributed by atoms with Gasteiger partial charge < -0.3 is 0 Å². The molecule has 0 amide bonds. The van der Waals surface area contributed by atoms with E-state index in [1.54, 1.807) is 0 Å². The third kappa shape index (κ3) is 4.47. The highest BCUT2D eigenvalue weighted by Crippen LogP contribution is 2.46. The Hall–Kier alpha value is -5.80. The van der Waals surface area contributed by atoms with Crippen molar-refractivity contribution in [3.8, 4) is 59.1 Å². The van der Waals surface area contributed by atoms with Gasteiger partial charge in [-0.15, -0.1) is 12.8 Å². The number of nitrogens with zero attached hydrogens (tertiary/aromatic N) is 2. The van der Waals surface area contributed by atoms with Crippen LogP contribution in [0.15, 0.2) is 109 Å². The van der Waals surface area contributed by atoms with E-state index in [1.165, 1.54) is 22.3 Å². The van der Waals surface area contributed by atoms with Crippen LogP contribution in [0.2, 0.25) is 0 Å². The summed E-state index contributed by atoms with van der Waals surface area (Å²) < 4.78 is 0. The molecule has 0 aliphatic heterocycles. The van der Waals surface area contributed by atoms with E-state index in [0.29, 0.717) is 25.7 Å². The maximum Gasteiger partial charge on any atom is 0.0902 e. The average Bonchev–Trinajstić information content (AvgIpc) is 3.65. The predicted octanol–water partition coefficient (Wildman–Crippen LogP) is 8.10. The standard InChI is InChI=1S/C42H28N2/c1-3-29-7-5-9-33(19-29)31-11-15-39(16-12-31)41(27-43)23-35-21-37-25-42(28-44,26-38(37)22-36(35)24-41)40-17-13-32(14-18-40)34-10-6-8-30(4-2)20-34/h1-2,5-22H,23-26H2. The quantitative estimate of drug-likeness (QED) is 0.209. The third-order valence-electron chi connectivity index (χ3n) is 9.52. The molecule has 0 saturated heterocycles. The second kappa shape index (κ2) is 10.5. The molecule has 2 heteroatoms. The largest absolute Gasteiger partial charge is 0.197 e. The number of benzene rings is 5. The van der Waals surface area contributed by atoms with Crippen molar-refractivity contribution in [3.63, 3.8) is 0 Å². The average molecular weight is 561 g/mol. The number of terminal acetylenes is 2. The van der Waals surface area contributed by atoms with Crippen LogP contribution in [0.25, 0.3) is 22.3 Å². The van der Waals surface area contributed by atoms with E-state index in [1.807, 2.05) is 36.4 Å². The highest BCUT2D eigenvalue weighted by atomic mass is 14.5. The van der Waals surface area contributed by atoms with E-state index in [9.17, 15) is 10.5 Å². The van der Waals surface area contributed by atoms with Crippen LogP contribution in [0, 0.1) is 47.3 Å². The maximum absolute atomic E-state index is 10.5. The highest BCUT2D eigenvalue weighted by molar-refractivity contribution is 5.68. The molecule has 2 nitrogen and oxygen atoms in total. The molecule has 0 saturated carbocycles. The van der Waals surface area contributed by atoms with Crippen LogP contribution in [0.4, 0.5) is 0 Å². The molecular formula is C42H28N2. The Bertz CT molecular complexity index is 1920. The summed E-state index contributed by atoms with van der Waals surface area (Å²) in [5.74, 6) is 5.40. The molecule has 206 valence electrons. The van der Waals surface area contributed by atoms with Gasteiger partial charge in [0.15, 0.2) is 0 Å². The van der Waals surface area contributed by atoms with Crippen LogP contribution in [0.5, 0.6) is 0 Å². The number of hydrogen-bond donors (Lipinski definition) is 0. The molecule has 44 heavy (non-hydrogen) atoms. The Morgan fingerprint density at radius 2 is 0.818 bits per heavy atom. The zero-order chi connectivity index (χ0) is 30.3. The smallest absolute Gasteiger partial charge is 0.0902 e. The summed E-state index contributed by atoms with van der Waals surface area (Å²) in [6.07, 6.45) is 13.9. The van der Waals surface area contributed by atoms with Gasteiger partial charge in [-0.2, -0.15) is 10.5 Å². The number of rotatable bonds is 4. The van der Waals surface area contributed by atoms with Crippen molar-refractivity contribution in [1.29, 1.82) is 10.5 Å². The van der Waals surface area contributed by atoms with Crippen LogP contribution >= 0.6 is 0 Å². The van der Waals surface area contributed by atoms with E-state index in [0.717, 1.165) is 44.5 Å². The molecule has 0 unspecified atom stereocenters. The van der Waals surface area contributed by atoms with Crippen LogP contribution in [-0.4, -0.2) is 0 Å². The summed E-state index contributed by atoms with van der Waals surface area (Å²) in [4.78, 5) is 0. The Labute approximate surface area is 259 Å². The van der Waals surface area contributed by atoms with Gasteiger partial charge in [-0.25, -0.2) is 0 Å². The minimum absolute atomic E-state index is 0.602. The van der Waals surface area contributed by atoms with Gasteiger partial charge in [-0.05, 0) is 106 Å².